The third kappa shape index (κ3) is 3.32. The van der Waals surface area contributed by atoms with Crippen LogP contribution in [0.25, 0.3) is 0 Å². The second-order valence-corrected chi connectivity index (χ2v) is 4.42. The molecule has 1 aliphatic rings. The van der Waals surface area contributed by atoms with E-state index in [-0.39, 0.29) is 18.0 Å². The summed E-state index contributed by atoms with van der Waals surface area (Å²) >= 11 is 0. The van der Waals surface area contributed by atoms with Crippen molar-refractivity contribution in [1.29, 1.82) is 0 Å². The van der Waals surface area contributed by atoms with Gasteiger partial charge in [-0.15, -0.1) is 10.2 Å². The number of rotatable bonds is 2. The lowest BCUT2D eigenvalue weighted by Gasteiger charge is -2.26. The lowest BCUT2D eigenvalue weighted by Crippen LogP contribution is -2.33. The molecule has 4 nitrogen and oxygen atoms in total. The zero-order valence-corrected chi connectivity index (χ0v) is 9.65. The summed E-state index contributed by atoms with van der Waals surface area (Å²) < 4.78 is 42.3. The first-order valence-corrected chi connectivity index (χ1v) is 5.78. The molecule has 2 N–H and O–H groups in total. The predicted octanol–water partition coefficient (Wildman–Crippen LogP) is 2.14. The van der Waals surface area contributed by atoms with Gasteiger partial charge in [0.15, 0.2) is 5.69 Å². The van der Waals surface area contributed by atoms with Crippen LogP contribution in [0.5, 0.6) is 5.88 Å². The standard InChI is InChI=1S/C11H14F3N3O/c12-11(13,14)9-4-5-10(17-16-9)18-8-3-1-2-7(15)6-8/h4-5,7-8H,1-3,6,15H2. The van der Waals surface area contributed by atoms with Gasteiger partial charge in [0.05, 0.1) is 0 Å². The Hall–Kier alpha value is -1.37. The number of aromatic nitrogens is 2. The van der Waals surface area contributed by atoms with E-state index in [9.17, 15) is 13.2 Å². The van der Waals surface area contributed by atoms with Gasteiger partial charge in [0, 0.05) is 12.1 Å². The van der Waals surface area contributed by atoms with Crippen LogP contribution in [0.3, 0.4) is 0 Å². The van der Waals surface area contributed by atoms with Gasteiger partial charge in [-0.2, -0.15) is 13.2 Å². The number of halogens is 3. The average Bonchev–Trinajstić information content (AvgIpc) is 2.28. The van der Waals surface area contributed by atoms with E-state index in [4.69, 9.17) is 10.5 Å². The smallest absolute Gasteiger partial charge is 0.435 e. The molecule has 100 valence electrons. The predicted molar refractivity (Wildman–Crippen MR) is 57.9 cm³/mol. The first-order chi connectivity index (χ1) is 8.45. The molecule has 1 fully saturated rings. The van der Waals surface area contributed by atoms with Crippen molar-refractivity contribution in [3.8, 4) is 5.88 Å². The molecular weight excluding hydrogens is 247 g/mol. The fourth-order valence-corrected chi connectivity index (χ4v) is 1.99. The molecule has 2 unspecified atom stereocenters. The summed E-state index contributed by atoms with van der Waals surface area (Å²) in [5, 5.41) is 6.53. The molecule has 1 aromatic heterocycles. The van der Waals surface area contributed by atoms with Gasteiger partial charge in [0.2, 0.25) is 5.88 Å². The number of ether oxygens (including phenoxy) is 1. The van der Waals surface area contributed by atoms with Gasteiger partial charge in [-0.25, -0.2) is 0 Å². The van der Waals surface area contributed by atoms with Gasteiger partial charge in [-0.05, 0) is 31.7 Å². The second-order valence-electron chi connectivity index (χ2n) is 4.42. The Bertz CT molecular complexity index is 394. The fourth-order valence-electron chi connectivity index (χ4n) is 1.99. The Morgan fingerprint density at radius 1 is 1.22 bits per heavy atom. The first-order valence-electron chi connectivity index (χ1n) is 5.78. The van der Waals surface area contributed by atoms with Crippen LogP contribution < -0.4 is 10.5 Å². The van der Waals surface area contributed by atoms with Crippen LogP contribution in [-0.4, -0.2) is 22.3 Å². The molecule has 0 bridgehead atoms. The monoisotopic (exact) mass is 261 g/mol. The van der Waals surface area contributed by atoms with Crippen molar-refractivity contribution in [2.45, 2.75) is 44.0 Å². The van der Waals surface area contributed by atoms with Gasteiger partial charge >= 0.3 is 6.18 Å². The fraction of sp³-hybridized carbons (Fsp3) is 0.636. The maximum absolute atomic E-state index is 12.3. The molecule has 2 rings (SSSR count). The van der Waals surface area contributed by atoms with Crippen LogP contribution in [0.15, 0.2) is 12.1 Å². The summed E-state index contributed by atoms with van der Waals surface area (Å²) in [7, 11) is 0. The SMILES string of the molecule is NC1CCCC(Oc2ccc(C(F)(F)F)nn2)C1. The number of hydrogen-bond acceptors (Lipinski definition) is 4. The molecular formula is C11H14F3N3O. The third-order valence-corrected chi connectivity index (χ3v) is 2.88. The molecule has 1 aromatic rings. The van der Waals surface area contributed by atoms with Crippen LogP contribution in [0.1, 0.15) is 31.4 Å². The van der Waals surface area contributed by atoms with E-state index in [1.807, 2.05) is 0 Å². The van der Waals surface area contributed by atoms with Gasteiger partial charge in [-0.3, -0.25) is 0 Å². The van der Waals surface area contributed by atoms with Crippen molar-refractivity contribution < 1.29 is 17.9 Å². The number of nitrogens with zero attached hydrogens (tertiary/aromatic N) is 2. The summed E-state index contributed by atoms with van der Waals surface area (Å²) in [5.74, 6) is 0.113. The van der Waals surface area contributed by atoms with E-state index in [2.05, 4.69) is 10.2 Å². The largest absolute Gasteiger partial charge is 0.473 e. The zero-order chi connectivity index (χ0) is 13.2. The molecule has 1 saturated carbocycles. The van der Waals surface area contributed by atoms with Crippen LogP contribution in [0, 0.1) is 0 Å². The molecule has 0 aromatic carbocycles. The molecule has 0 spiro atoms. The van der Waals surface area contributed by atoms with Crippen LogP contribution in [0.2, 0.25) is 0 Å². The van der Waals surface area contributed by atoms with E-state index in [1.165, 1.54) is 6.07 Å². The highest BCUT2D eigenvalue weighted by molar-refractivity contribution is 5.13. The third-order valence-electron chi connectivity index (χ3n) is 2.88. The van der Waals surface area contributed by atoms with Crippen molar-refractivity contribution in [3.63, 3.8) is 0 Å². The highest BCUT2D eigenvalue weighted by Crippen LogP contribution is 2.28. The van der Waals surface area contributed by atoms with Crippen molar-refractivity contribution in [2.24, 2.45) is 5.73 Å². The second kappa shape index (κ2) is 5.09. The van der Waals surface area contributed by atoms with Gasteiger partial charge in [0.25, 0.3) is 0 Å². The van der Waals surface area contributed by atoms with E-state index < -0.39 is 11.9 Å². The van der Waals surface area contributed by atoms with Crippen LogP contribution in [0.4, 0.5) is 13.2 Å². The Kier molecular flexibility index (Phi) is 3.70. The molecule has 0 aliphatic heterocycles. The minimum Gasteiger partial charge on any atom is -0.473 e. The van der Waals surface area contributed by atoms with Crippen molar-refractivity contribution in [1.82, 2.24) is 10.2 Å². The molecule has 0 radical (unpaired) electrons. The summed E-state index contributed by atoms with van der Waals surface area (Å²) in [6, 6.07) is 2.15. The Balaban J connectivity index is 1.98. The van der Waals surface area contributed by atoms with Crippen molar-refractivity contribution in [3.05, 3.63) is 17.8 Å². The topological polar surface area (TPSA) is 61.0 Å². The van der Waals surface area contributed by atoms with E-state index in [0.717, 1.165) is 25.3 Å². The molecule has 2 atom stereocenters. The van der Waals surface area contributed by atoms with Crippen molar-refractivity contribution >= 4 is 0 Å². The maximum atomic E-state index is 12.3. The highest BCUT2D eigenvalue weighted by atomic mass is 19.4. The highest BCUT2D eigenvalue weighted by Gasteiger charge is 2.33. The minimum atomic E-state index is -4.47. The molecule has 18 heavy (non-hydrogen) atoms. The Morgan fingerprint density at radius 3 is 2.56 bits per heavy atom. The zero-order valence-electron chi connectivity index (χ0n) is 9.65. The first kappa shape index (κ1) is 13.1. The van der Waals surface area contributed by atoms with Gasteiger partial charge < -0.3 is 10.5 Å². The van der Waals surface area contributed by atoms with E-state index in [1.54, 1.807) is 0 Å². The molecule has 1 aliphatic carbocycles. The van der Waals surface area contributed by atoms with E-state index >= 15 is 0 Å². The number of alkyl halides is 3. The summed E-state index contributed by atoms with van der Waals surface area (Å²) in [6.45, 7) is 0. The lowest BCUT2D eigenvalue weighted by atomic mass is 9.94. The Labute approximate surface area is 102 Å². The summed E-state index contributed by atoms with van der Waals surface area (Å²) in [5.41, 5.74) is 4.78. The van der Waals surface area contributed by atoms with Crippen LogP contribution in [-0.2, 0) is 6.18 Å². The molecule has 7 heteroatoms. The quantitative estimate of drug-likeness (QED) is 0.886. The number of hydrogen-bond donors (Lipinski definition) is 1. The normalized spacial score (nSPS) is 24.9. The molecule has 0 amide bonds. The summed E-state index contributed by atoms with van der Waals surface area (Å²) in [6.07, 6.45) is -1.10. The molecule has 0 saturated heterocycles. The van der Waals surface area contributed by atoms with E-state index in [0.29, 0.717) is 6.42 Å². The Morgan fingerprint density at radius 2 is 2.00 bits per heavy atom. The van der Waals surface area contributed by atoms with Gasteiger partial charge in [-0.1, -0.05) is 0 Å². The number of nitrogens with two attached hydrogens (primary N) is 1. The molecule has 1 heterocycles. The average molecular weight is 261 g/mol. The lowest BCUT2D eigenvalue weighted by molar-refractivity contribution is -0.141. The van der Waals surface area contributed by atoms with Gasteiger partial charge in [0.1, 0.15) is 6.10 Å². The minimum absolute atomic E-state index is 0.0835. The maximum Gasteiger partial charge on any atom is 0.435 e. The van der Waals surface area contributed by atoms with Crippen molar-refractivity contribution in [2.75, 3.05) is 0 Å². The van der Waals surface area contributed by atoms with Crippen LogP contribution >= 0.6 is 0 Å². The summed E-state index contributed by atoms with van der Waals surface area (Å²) in [4.78, 5) is 0.